The smallest absolute Gasteiger partial charge is 0.371 e. The summed E-state index contributed by atoms with van der Waals surface area (Å²) in [6.07, 6.45) is 0. The third kappa shape index (κ3) is 4.30. The molecule has 0 fully saturated rings. The maximum Gasteiger partial charge on any atom is 0.371 e. The summed E-state index contributed by atoms with van der Waals surface area (Å²) in [7, 11) is -2.04. The van der Waals surface area contributed by atoms with E-state index < -0.39 is 21.9 Å². The fourth-order valence-corrected chi connectivity index (χ4v) is 3.44. The fraction of sp³-hybridized carbons (Fsp3) is 0.294. The first-order valence-electron chi connectivity index (χ1n) is 7.81. The van der Waals surface area contributed by atoms with Crippen molar-refractivity contribution in [1.29, 1.82) is 0 Å². The van der Waals surface area contributed by atoms with Crippen LogP contribution in [0.3, 0.4) is 0 Å². The molecule has 8 nitrogen and oxygen atoms in total. The molecule has 2 rings (SSSR count). The van der Waals surface area contributed by atoms with Gasteiger partial charge in [0.05, 0.1) is 4.90 Å². The molecular formula is C17H20N2O6S. The van der Waals surface area contributed by atoms with Crippen molar-refractivity contribution in [1.82, 2.24) is 9.62 Å². The van der Waals surface area contributed by atoms with Gasteiger partial charge in [-0.25, -0.2) is 13.2 Å². The number of carboxylic acids is 1. The standard InChI is InChI=1S/C17H20N2O6S/c1-11(2)19(3)26(23,24)13-6-4-12(5-7-13)10-18-16(20)14-8-9-15(25-14)17(21)22/h4-9,11H,10H2,1-3H3,(H,18,20)(H,21,22). The number of sulfonamides is 1. The van der Waals surface area contributed by atoms with Crippen molar-refractivity contribution in [3.05, 3.63) is 53.5 Å². The number of nitrogens with one attached hydrogen (secondary N) is 1. The Balaban J connectivity index is 2.03. The summed E-state index contributed by atoms with van der Waals surface area (Å²) < 4.78 is 31.0. The topological polar surface area (TPSA) is 117 Å². The Hall–Kier alpha value is -2.65. The highest BCUT2D eigenvalue weighted by molar-refractivity contribution is 7.89. The molecular weight excluding hydrogens is 360 g/mol. The number of hydrogen-bond donors (Lipinski definition) is 2. The normalized spacial score (nSPS) is 11.7. The van der Waals surface area contributed by atoms with Crippen molar-refractivity contribution in [2.45, 2.75) is 31.3 Å². The van der Waals surface area contributed by atoms with E-state index in [1.54, 1.807) is 26.0 Å². The van der Waals surface area contributed by atoms with Crippen LogP contribution in [-0.4, -0.2) is 42.8 Å². The fourth-order valence-electron chi connectivity index (χ4n) is 2.07. The summed E-state index contributed by atoms with van der Waals surface area (Å²) in [4.78, 5) is 22.9. The molecule has 0 saturated heterocycles. The lowest BCUT2D eigenvalue weighted by atomic mass is 10.2. The number of furan rings is 1. The van der Waals surface area contributed by atoms with Gasteiger partial charge in [-0.05, 0) is 43.7 Å². The van der Waals surface area contributed by atoms with E-state index in [1.165, 1.54) is 35.6 Å². The lowest BCUT2D eigenvalue weighted by molar-refractivity contribution is 0.0659. The number of rotatable bonds is 7. The summed E-state index contributed by atoms with van der Waals surface area (Å²) in [6, 6.07) is 8.47. The molecule has 2 aromatic rings. The quantitative estimate of drug-likeness (QED) is 0.758. The van der Waals surface area contributed by atoms with E-state index in [0.717, 1.165) is 0 Å². The predicted molar refractivity (Wildman–Crippen MR) is 93.4 cm³/mol. The van der Waals surface area contributed by atoms with Crippen LogP contribution < -0.4 is 5.32 Å². The molecule has 140 valence electrons. The summed E-state index contributed by atoms with van der Waals surface area (Å²) in [5, 5.41) is 11.4. The lowest BCUT2D eigenvalue weighted by Gasteiger charge is -2.21. The zero-order valence-corrected chi connectivity index (χ0v) is 15.4. The molecule has 26 heavy (non-hydrogen) atoms. The maximum absolute atomic E-state index is 12.4. The molecule has 1 aromatic carbocycles. The Morgan fingerprint density at radius 1 is 1.12 bits per heavy atom. The number of carbonyl (C=O) groups excluding carboxylic acids is 1. The van der Waals surface area contributed by atoms with Crippen LogP contribution in [0.1, 0.15) is 40.5 Å². The second-order valence-corrected chi connectivity index (χ2v) is 7.91. The monoisotopic (exact) mass is 380 g/mol. The first-order chi connectivity index (χ1) is 12.1. The SMILES string of the molecule is CC(C)N(C)S(=O)(=O)c1ccc(CNC(=O)c2ccc(C(=O)O)o2)cc1. The molecule has 0 radical (unpaired) electrons. The molecule has 1 aromatic heterocycles. The molecule has 1 heterocycles. The number of amides is 1. The average Bonchev–Trinajstić information content (AvgIpc) is 3.09. The zero-order valence-electron chi connectivity index (χ0n) is 14.6. The highest BCUT2D eigenvalue weighted by Crippen LogP contribution is 2.17. The number of aromatic carboxylic acids is 1. The molecule has 0 saturated carbocycles. The van der Waals surface area contributed by atoms with Crippen molar-refractivity contribution >= 4 is 21.9 Å². The van der Waals surface area contributed by atoms with E-state index in [9.17, 15) is 18.0 Å². The van der Waals surface area contributed by atoms with Gasteiger partial charge in [0.2, 0.25) is 15.8 Å². The van der Waals surface area contributed by atoms with Crippen LogP contribution >= 0.6 is 0 Å². The van der Waals surface area contributed by atoms with Crippen LogP contribution in [-0.2, 0) is 16.6 Å². The van der Waals surface area contributed by atoms with E-state index in [2.05, 4.69) is 5.32 Å². The van der Waals surface area contributed by atoms with E-state index in [-0.39, 0.29) is 29.0 Å². The summed E-state index contributed by atoms with van der Waals surface area (Å²) >= 11 is 0. The molecule has 2 N–H and O–H groups in total. The average molecular weight is 380 g/mol. The van der Waals surface area contributed by atoms with Crippen LogP contribution in [0.15, 0.2) is 45.7 Å². The molecule has 0 unspecified atom stereocenters. The van der Waals surface area contributed by atoms with Gasteiger partial charge in [-0.2, -0.15) is 4.31 Å². The first-order valence-corrected chi connectivity index (χ1v) is 9.25. The van der Waals surface area contributed by atoms with Gasteiger partial charge in [-0.1, -0.05) is 12.1 Å². The first kappa shape index (κ1) is 19.7. The van der Waals surface area contributed by atoms with Gasteiger partial charge >= 0.3 is 5.97 Å². The van der Waals surface area contributed by atoms with Crippen molar-refractivity contribution < 1.29 is 27.5 Å². The lowest BCUT2D eigenvalue weighted by Crippen LogP contribution is -2.33. The number of carbonyl (C=O) groups is 2. The third-order valence-electron chi connectivity index (χ3n) is 3.82. The molecule has 0 spiro atoms. The molecule has 1 amide bonds. The van der Waals surface area contributed by atoms with E-state index in [0.29, 0.717) is 5.56 Å². The van der Waals surface area contributed by atoms with Gasteiger partial charge in [-0.3, -0.25) is 4.79 Å². The second-order valence-electron chi connectivity index (χ2n) is 5.91. The van der Waals surface area contributed by atoms with Gasteiger partial charge in [0, 0.05) is 19.6 Å². The Labute approximate surface area is 151 Å². The summed E-state index contributed by atoms with van der Waals surface area (Å²) in [5.74, 6) is -2.25. The summed E-state index contributed by atoms with van der Waals surface area (Å²) in [6.45, 7) is 3.71. The maximum atomic E-state index is 12.4. The van der Waals surface area contributed by atoms with Gasteiger partial charge in [0.1, 0.15) is 0 Å². The Morgan fingerprint density at radius 2 is 1.69 bits per heavy atom. The Kier molecular flexibility index (Phi) is 5.83. The number of nitrogens with zero attached hydrogens (tertiary/aromatic N) is 1. The predicted octanol–water partition coefficient (Wildman–Crippen LogP) is 1.94. The minimum Gasteiger partial charge on any atom is -0.475 e. The third-order valence-corrected chi connectivity index (χ3v) is 5.87. The Morgan fingerprint density at radius 3 is 2.19 bits per heavy atom. The minimum atomic E-state index is -3.56. The van der Waals surface area contributed by atoms with Crippen molar-refractivity contribution in [2.75, 3.05) is 7.05 Å². The van der Waals surface area contributed by atoms with Crippen molar-refractivity contribution in [2.24, 2.45) is 0 Å². The molecule has 0 bridgehead atoms. The van der Waals surface area contributed by atoms with Gasteiger partial charge in [-0.15, -0.1) is 0 Å². The number of benzene rings is 1. The van der Waals surface area contributed by atoms with Crippen LogP contribution in [0.2, 0.25) is 0 Å². The second kappa shape index (κ2) is 7.71. The van der Waals surface area contributed by atoms with Crippen LogP contribution in [0.5, 0.6) is 0 Å². The highest BCUT2D eigenvalue weighted by atomic mass is 32.2. The van der Waals surface area contributed by atoms with Gasteiger partial charge < -0.3 is 14.8 Å². The number of carboxylic acid groups (broad SMARTS) is 1. The van der Waals surface area contributed by atoms with Gasteiger partial charge in [0.25, 0.3) is 5.91 Å². The zero-order chi connectivity index (χ0) is 19.5. The molecule has 0 aliphatic rings. The van der Waals surface area contributed by atoms with Crippen LogP contribution in [0, 0.1) is 0 Å². The van der Waals surface area contributed by atoms with Crippen molar-refractivity contribution in [3.63, 3.8) is 0 Å². The molecule has 0 aliphatic heterocycles. The highest BCUT2D eigenvalue weighted by Gasteiger charge is 2.22. The van der Waals surface area contributed by atoms with E-state index >= 15 is 0 Å². The minimum absolute atomic E-state index is 0.111. The van der Waals surface area contributed by atoms with Gasteiger partial charge in [0.15, 0.2) is 5.76 Å². The van der Waals surface area contributed by atoms with E-state index in [1.807, 2.05) is 0 Å². The van der Waals surface area contributed by atoms with Crippen molar-refractivity contribution in [3.8, 4) is 0 Å². The Bertz CT molecular complexity index is 900. The largest absolute Gasteiger partial charge is 0.475 e. The molecule has 0 atom stereocenters. The van der Waals surface area contributed by atoms with E-state index in [4.69, 9.17) is 9.52 Å². The van der Waals surface area contributed by atoms with Crippen LogP contribution in [0.4, 0.5) is 0 Å². The summed E-state index contributed by atoms with van der Waals surface area (Å²) in [5.41, 5.74) is 0.689. The molecule has 0 aliphatic carbocycles. The number of hydrogen-bond acceptors (Lipinski definition) is 5. The van der Waals surface area contributed by atoms with Crippen LogP contribution in [0.25, 0.3) is 0 Å². The molecule has 9 heteroatoms.